The van der Waals surface area contributed by atoms with Gasteiger partial charge in [0.15, 0.2) is 0 Å². The summed E-state index contributed by atoms with van der Waals surface area (Å²) in [4.78, 5) is 12.2. The van der Waals surface area contributed by atoms with Crippen LogP contribution in [0.25, 0.3) is 0 Å². The molecule has 0 atom stereocenters. The highest BCUT2D eigenvalue weighted by molar-refractivity contribution is 6.30. The average molecular weight is 381 g/mol. The van der Waals surface area contributed by atoms with E-state index in [0.29, 0.717) is 13.0 Å². The first-order valence-corrected chi connectivity index (χ1v) is 9.01. The minimum atomic E-state index is -0.0557. The Balaban J connectivity index is 1.51. The summed E-state index contributed by atoms with van der Waals surface area (Å²) in [6, 6.07) is 22.9. The number of halogens is 1. The van der Waals surface area contributed by atoms with Gasteiger partial charge in [0.2, 0.25) is 5.91 Å². The molecule has 3 aromatic carbocycles. The van der Waals surface area contributed by atoms with Crippen molar-refractivity contribution in [3.05, 3.63) is 88.9 Å². The summed E-state index contributed by atoms with van der Waals surface area (Å²) in [5.41, 5.74) is 3.81. The zero-order valence-electron chi connectivity index (χ0n) is 15.0. The lowest BCUT2D eigenvalue weighted by molar-refractivity contribution is -0.115. The van der Waals surface area contributed by atoms with Crippen LogP contribution in [0.5, 0.6) is 5.75 Å². The van der Waals surface area contributed by atoms with Crippen molar-refractivity contribution in [2.45, 2.75) is 13.0 Å². The summed E-state index contributed by atoms with van der Waals surface area (Å²) in [6.07, 6.45) is 0.320. The lowest BCUT2D eigenvalue weighted by Gasteiger charge is -2.09. The Bertz CT molecular complexity index is 893. The first-order valence-electron chi connectivity index (χ1n) is 8.63. The molecule has 0 aromatic heterocycles. The second kappa shape index (κ2) is 9.10. The first-order chi connectivity index (χ1) is 13.1. The molecular formula is C22H21ClN2O2. The second-order valence-corrected chi connectivity index (χ2v) is 6.57. The van der Waals surface area contributed by atoms with E-state index >= 15 is 0 Å². The fourth-order valence-electron chi connectivity index (χ4n) is 2.66. The van der Waals surface area contributed by atoms with Crippen LogP contribution in [-0.4, -0.2) is 13.0 Å². The Morgan fingerprint density at radius 2 is 1.63 bits per heavy atom. The van der Waals surface area contributed by atoms with Crippen LogP contribution in [0.1, 0.15) is 11.1 Å². The average Bonchev–Trinajstić information content (AvgIpc) is 2.68. The van der Waals surface area contributed by atoms with Crippen LogP contribution < -0.4 is 15.4 Å². The first kappa shape index (κ1) is 18.8. The Kier molecular flexibility index (Phi) is 6.34. The minimum Gasteiger partial charge on any atom is -0.497 e. The van der Waals surface area contributed by atoms with Gasteiger partial charge in [-0.25, -0.2) is 0 Å². The normalized spacial score (nSPS) is 10.3. The van der Waals surface area contributed by atoms with Crippen molar-refractivity contribution in [3.63, 3.8) is 0 Å². The zero-order valence-corrected chi connectivity index (χ0v) is 15.8. The molecule has 0 aliphatic heterocycles. The van der Waals surface area contributed by atoms with E-state index in [0.717, 1.165) is 33.3 Å². The molecule has 2 N–H and O–H groups in total. The molecule has 5 heteroatoms. The predicted octanol–water partition coefficient (Wildman–Crippen LogP) is 5.14. The van der Waals surface area contributed by atoms with Crippen LogP contribution in [0.4, 0.5) is 11.4 Å². The number of benzene rings is 3. The monoisotopic (exact) mass is 380 g/mol. The molecule has 0 unspecified atom stereocenters. The van der Waals surface area contributed by atoms with Gasteiger partial charge < -0.3 is 15.4 Å². The number of anilines is 2. The van der Waals surface area contributed by atoms with Gasteiger partial charge in [-0.1, -0.05) is 35.9 Å². The van der Waals surface area contributed by atoms with Crippen LogP contribution >= 0.6 is 11.6 Å². The molecule has 3 rings (SSSR count). The van der Waals surface area contributed by atoms with Crippen molar-refractivity contribution in [1.82, 2.24) is 0 Å². The Hall–Kier alpha value is -2.98. The number of amides is 1. The highest BCUT2D eigenvalue weighted by atomic mass is 35.5. The van der Waals surface area contributed by atoms with Gasteiger partial charge in [0.05, 0.1) is 13.5 Å². The summed E-state index contributed by atoms with van der Waals surface area (Å²) in [6.45, 7) is 0.692. The van der Waals surface area contributed by atoms with E-state index in [4.69, 9.17) is 16.3 Å². The van der Waals surface area contributed by atoms with E-state index in [-0.39, 0.29) is 5.91 Å². The fraction of sp³-hybridized carbons (Fsp3) is 0.136. The third kappa shape index (κ3) is 5.76. The molecule has 0 aliphatic rings. The summed E-state index contributed by atoms with van der Waals surface area (Å²) in [7, 11) is 1.61. The van der Waals surface area contributed by atoms with Crippen molar-refractivity contribution in [1.29, 1.82) is 0 Å². The lowest BCUT2D eigenvalue weighted by Crippen LogP contribution is -2.14. The number of methoxy groups -OCH3 is 1. The van der Waals surface area contributed by atoms with Gasteiger partial charge in [0, 0.05) is 22.9 Å². The lowest BCUT2D eigenvalue weighted by atomic mass is 10.1. The molecule has 4 nitrogen and oxygen atoms in total. The molecule has 0 radical (unpaired) electrons. The van der Waals surface area contributed by atoms with Gasteiger partial charge in [-0.15, -0.1) is 0 Å². The minimum absolute atomic E-state index is 0.0557. The number of hydrogen-bond donors (Lipinski definition) is 2. The van der Waals surface area contributed by atoms with Crippen molar-refractivity contribution < 1.29 is 9.53 Å². The molecule has 0 spiro atoms. The Labute approximate surface area is 164 Å². The highest BCUT2D eigenvalue weighted by Crippen LogP contribution is 2.17. The van der Waals surface area contributed by atoms with Gasteiger partial charge in [-0.2, -0.15) is 0 Å². The van der Waals surface area contributed by atoms with E-state index in [1.807, 2.05) is 72.8 Å². The fourth-order valence-corrected chi connectivity index (χ4v) is 2.87. The molecule has 138 valence electrons. The Morgan fingerprint density at radius 3 is 2.30 bits per heavy atom. The molecule has 0 aliphatic carbocycles. The molecule has 0 fully saturated rings. The van der Waals surface area contributed by atoms with Crippen LogP contribution in [0, 0.1) is 0 Å². The molecule has 0 saturated carbocycles. The largest absolute Gasteiger partial charge is 0.497 e. The number of ether oxygens (including phenoxy) is 1. The van der Waals surface area contributed by atoms with Crippen molar-refractivity contribution in [3.8, 4) is 5.75 Å². The molecule has 0 heterocycles. The topological polar surface area (TPSA) is 50.4 Å². The third-order valence-electron chi connectivity index (χ3n) is 4.08. The number of nitrogens with one attached hydrogen (secondary N) is 2. The van der Waals surface area contributed by atoms with E-state index in [1.165, 1.54) is 0 Å². The summed E-state index contributed by atoms with van der Waals surface area (Å²) in [5.74, 6) is 0.702. The molecule has 0 bridgehead atoms. The van der Waals surface area contributed by atoms with Crippen molar-refractivity contribution in [2.24, 2.45) is 0 Å². The van der Waals surface area contributed by atoms with Crippen LogP contribution in [0.3, 0.4) is 0 Å². The molecule has 1 amide bonds. The maximum absolute atomic E-state index is 12.2. The van der Waals surface area contributed by atoms with Gasteiger partial charge in [0.25, 0.3) is 0 Å². The summed E-state index contributed by atoms with van der Waals surface area (Å²) in [5, 5.41) is 6.96. The molecule has 27 heavy (non-hydrogen) atoms. The van der Waals surface area contributed by atoms with E-state index in [2.05, 4.69) is 10.6 Å². The standard InChI is InChI=1S/C22H21ClN2O2/c1-27-21-11-9-20(10-12-21)25-22(26)14-16-5-7-19(8-6-16)24-15-17-3-2-4-18(23)13-17/h2-13,24H,14-15H2,1H3,(H,25,26). The number of carbonyl (C=O) groups excluding carboxylic acids is 1. The van der Waals surface area contributed by atoms with Gasteiger partial charge in [-0.3, -0.25) is 4.79 Å². The van der Waals surface area contributed by atoms with Gasteiger partial charge in [0.1, 0.15) is 5.75 Å². The maximum atomic E-state index is 12.2. The Morgan fingerprint density at radius 1 is 0.926 bits per heavy atom. The van der Waals surface area contributed by atoms with Crippen LogP contribution in [0.2, 0.25) is 5.02 Å². The van der Waals surface area contributed by atoms with Crippen molar-refractivity contribution in [2.75, 3.05) is 17.7 Å². The van der Waals surface area contributed by atoms with Crippen LogP contribution in [0.15, 0.2) is 72.8 Å². The van der Waals surface area contributed by atoms with Gasteiger partial charge >= 0.3 is 0 Å². The summed E-state index contributed by atoms with van der Waals surface area (Å²) >= 11 is 6.00. The number of rotatable bonds is 7. The molecule has 0 saturated heterocycles. The number of carbonyl (C=O) groups is 1. The molecular weight excluding hydrogens is 360 g/mol. The number of hydrogen-bond acceptors (Lipinski definition) is 3. The predicted molar refractivity (Wildman–Crippen MR) is 111 cm³/mol. The van der Waals surface area contributed by atoms with E-state index in [9.17, 15) is 4.79 Å². The van der Waals surface area contributed by atoms with E-state index in [1.54, 1.807) is 7.11 Å². The smallest absolute Gasteiger partial charge is 0.228 e. The van der Waals surface area contributed by atoms with Crippen molar-refractivity contribution >= 4 is 28.9 Å². The quantitative estimate of drug-likeness (QED) is 0.596. The second-order valence-electron chi connectivity index (χ2n) is 6.13. The zero-order chi connectivity index (χ0) is 19.1. The third-order valence-corrected chi connectivity index (χ3v) is 4.31. The SMILES string of the molecule is COc1ccc(NC(=O)Cc2ccc(NCc3cccc(Cl)c3)cc2)cc1. The van der Waals surface area contributed by atoms with Crippen LogP contribution in [-0.2, 0) is 17.8 Å². The van der Waals surface area contributed by atoms with Gasteiger partial charge in [-0.05, 0) is 59.7 Å². The highest BCUT2D eigenvalue weighted by Gasteiger charge is 2.05. The van der Waals surface area contributed by atoms with E-state index < -0.39 is 0 Å². The maximum Gasteiger partial charge on any atom is 0.228 e. The summed E-state index contributed by atoms with van der Waals surface area (Å²) < 4.78 is 5.11. The molecule has 3 aromatic rings.